The molecule has 7 nitrogen and oxygen atoms in total. The van der Waals surface area contributed by atoms with Crippen molar-refractivity contribution in [2.75, 3.05) is 11.9 Å². The molecule has 0 radical (unpaired) electrons. The Bertz CT molecular complexity index is 1010. The molecule has 2 aromatic rings. The number of hydrogen-bond acceptors (Lipinski definition) is 4. The van der Waals surface area contributed by atoms with Gasteiger partial charge in [-0.2, -0.15) is 0 Å². The fourth-order valence-corrected chi connectivity index (χ4v) is 4.45. The molecule has 162 valence electrons. The van der Waals surface area contributed by atoms with Crippen LogP contribution in [0.5, 0.6) is 11.5 Å². The number of nitrogens with zero attached hydrogens (tertiary/aromatic N) is 1. The van der Waals surface area contributed by atoms with Gasteiger partial charge in [0.15, 0.2) is 5.75 Å². The third kappa shape index (κ3) is 4.23. The van der Waals surface area contributed by atoms with Gasteiger partial charge < -0.3 is 15.4 Å². The number of nitrogens with one attached hydrogen (secondary N) is 2. The molecule has 31 heavy (non-hydrogen) atoms. The van der Waals surface area contributed by atoms with Gasteiger partial charge in [-0.3, -0.25) is 14.5 Å². The largest absolute Gasteiger partial charge is 0.455 e. The van der Waals surface area contributed by atoms with Crippen molar-refractivity contribution in [3.63, 3.8) is 0 Å². The lowest BCUT2D eigenvalue weighted by molar-refractivity contribution is -0.136. The molecule has 8 heteroatoms. The predicted octanol–water partition coefficient (Wildman–Crippen LogP) is 4.57. The first-order valence-corrected chi connectivity index (χ1v) is 10.7. The Labute approximate surface area is 185 Å². The Morgan fingerprint density at radius 2 is 2.00 bits per heavy atom. The van der Waals surface area contributed by atoms with E-state index in [1.165, 1.54) is 0 Å². The highest BCUT2D eigenvalue weighted by Gasteiger charge is 2.55. The van der Waals surface area contributed by atoms with Gasteiger partial charge in [-0.15, -0.1) is 0 Å². The summed E-state index contributed by atoms with van der Waals surface area (Å²) in [4.78, 5) is 39.3. The molecule has 1 aliphatic heterocycles. The van der Waals surface area contributed by atoms with E-state index < -0.39 is 17.5 Å². The molecule has 1 saturated carbocycles. The molecule has 4 amide bonds. The molecule has 1 aliphatic carbocycles. The normalized spacial score (nSPS) is 23.0. The first-order valence-electron chi connectivity index (χ1n) is 10.4. The maximum atomic E-state index is 13.1. The lowest BCUT2D eigenvalue weighted by atomic mass is 9.73. The van der Waals surface area contributed by atoms with E-state index in [4.69, 9.17) is 16.3 Å². The van der Waals surface area contributed by atoms with Gasteiger partial charge in [0.05, 0.1) is 5.69 Å². The van der Waals surface area contributed by atoms with Gasteiger partial charge >= 0.3 is 6.03 Å². The zero-order chi connectivity index (χ0) is 22.0. The quantitative estimate of drug-likeness (QED) is 0.665. The number of carbonyl (C=O) groups excluding carboxylic acids is 3. The molecule has 2 N–H and O–H groups in total. The van der Waals surface area contributed by atoms with Gasteiger partial charge in [0.2, 0.25) is 5.91 Å². The van der Waals surface area contributed by atoms with E-state index >= 15 is 0 Å². The average molecular weight is 442 g/mol. The zero-order valence-electron chi connectivity index (χ0n) is 17.2. The Morgan fingerprint density at radius 1 is 1.23 bits per heavy atom. The Hall–Kier alpha value is -3.06. The van der Waals surface area contributed by atoms with Gasteiger partial charge in [0, 0.05) is 5.02 Å². The molecule has 1 saturated heterocycles. The molecule has 0 bridgehead atoms. The van der Waals surface area contributed by atoms with Crippen molar-refractivity contribution in [3.8, 4) is 11.5 Å². The summed E-state index contributed by atoms with van der Waals surface area (Å²) in [5.41, 5.74) is -0.540. The molecular formula is C23H24ClN3O4. The number of carbonyl (C=O) groups is 3. The minimum absolute atomic E-state index is 0.0320. The summed E-state index contributed by atoms with van der Waals surface area (Å²) >= 11 is 6.10. The van der Waals surface area contributed by atoms with E-state index in [9.17, 15) is 14.4 Å². The zero-order valence-corrected chi connectivity index (χ0v) is 17.9. The SMILES string of the molecule is CC1CCCCC12NC(=O)N(CC(=O)Nc1cc(Cl)ccc1Oc1ccccc1)C2=O. The Morgan fingerprint density at radius 3 is 2.74 bits per heavy atom. The lowest BCUT2D eigenvalue weighted by Crippen LogP contribution is -2.54. The van der Waals surface area contributed by atoms with Gasteiger partial charge in [-0.25, -0.2) is 4.79 Å². The number of para-hydroxylation sites is 1. The minimum atomic E-state index is -0.896. The summed E-state index contributed by atoms with van der Waals surface area (Å²) in [5, 5.41) is 5.99. The van der Waals surface area contributed by atoms with Crippen LogP contribution in [0.25, 0.3) is 0 Å². The average Bonchev–Trinajstić information content (AvgIpc) is 2.98. The molecule has 2 fully saturated rings. The first-order chi connectivity index (χ1) is 14.9. The molecule has 2 atom stereocenters. The standard InChI is InChI=1S/C23H24ClN3O4/c1-15-7-5-6-12-23(15)21(29)27(22(30)26-23)14-20(28)25-18-13-16(24)10-11-19(18)31-17-8-3-2-4-9-17/h2-4,8-11,13,15H,5-7,12,14H2,1H3,(H,25,28)(H,26,30). The van der Waals surface area contributed by atoms with Crippen LogP contribution in [0.3, 0.4) is 0 Å². The van der Waals surface area contributed by atoms with E-state index in [1.54, 1.807) is 30.3 Å². The molecular weight excluding hydrogens is 418 g/mol. The number of anilines is 1. The summed E-state index contributed by atoms with van der Waals surface area (Å²) < 4.78 is 5.85. The number of halogens is 1. The van der Waals surface area contributed by atoms with Crippen LogP contribution in [-0.4, -0.2) is 34.8 Å². The van der Waals surface area contributed by atoms with Crippen molar-refractivity contribution >= 4 is 35.1 Å². The fraction of sp³-hybridized carbons (Fsp3) is 0.348. The minimum Gasteiger partial charge on any atom is -0.455 e. The van der Waals surface area contributed by atoms with Crippen LogP contribution in [0.1, 0.15) is 32.6 Å². The predicted molar refractivity (Wildman–Crippen MR) is 117 cm³/mol. The number of ether oxygens (including phenoxy) is 1. The summed E-state index contributed by atoms with van der Waals surface area (Å²) in [6.07, 6.45) is 3.37. The van der Waals surface area contributed by atoms with E-state index in [0.29, 0.717) is 28.6 Å². The molecule has 2 unspecified atom stereocenters. The number of imide groups is 1. The fourth-order valence-electron chi connectivity index (χ4n) is 4.28. The Balaban J connectivity index is 1.48. The van der Waals surface area contributed by atoms with Crippen LogP contribution in [0.15, 0.2) is 48.5 Å². The number of amides is 4. The van der Waals surface area contributed by atoms with Crippen LogP contribution in [0, 0.1) is 5.92 Å². The van der Waals surface area contributed by atoms with Crippen LogP contribution in [0.2, 0.25) is 5.02 Å². The van der Waals surface area contributed by atoms with E-state index in [2.05, 4.69) is 10.6 Å². The monoisotopic (exact) mass is 441 g/mol. The first kappa shape index (κ1) is 21.2. The van der Waals surface area contributed by atoms with Crippen molar-refractivity contribution < 1.29 is 19.1 Å². The van der Waals surface area contributed by atoms with E-state index in [0.717, 1.165) is 24.2 Å². The second-order valence-electron chi connectivity index (χ2n) is 8.04. The van der Waals surface area contributed by atoms with Gasteiger partial charge in [-0.05, 0) is 49.1 Å². The van der Waals surface area contributed by atoms with Gasteiger partial charge in [0.25, 0.3) is 5.91 Å². The molecule has 2 aliphatic rings. The second kappa shape index (κ2) is 8.59. The van der Waals surface area contributed by atoms with Crippen LogP contribution in [0.4, 0.5) is 10.5 Å². The van der Waals surface area contributed by atoms with E-state index in [-0.39, 0.29) is 18.4 Å². The van der Waals surface area contributed by atoms with E-state index in [1.807, 2.05) is 25.1 Å². The van der Waals surface area contributed by atoms with Crippen LogP contribution in [-0.2, 0) is 9.59 Å². The molecule has 4 rings (SSSR count). The van der Waals surface area contributed by atoms with Crippen LogP contribution < -0.4 is 15.4 Å². The highest BCUT2D eigenvalue weighted by atomic mass is 35.5. The van der Waals surface area contributed by atoms with Crippen molar-refractivity contribution in [3.05, 3.63) is 53.6 Å². The maximum absolute atomic E-state index is 13.1. The van der Waals surface area contributed by atoms with Crippen molar-refractivity contribution in [1.29, 1.82) is 0 Å². The second-order valence-corrected chi connectivity index (χ2v) is 8.48. The lowest BCUT2D eigenvalue weighted by Gasteiger charge is -2.36. The third-order valence-electron chi connectivity index (χ3n) is 5.99. The molecule has 1 spiro atoms. The topological polar surface area (TPSA) is 87.7 Å². The highest BCUT2D eigenvalue weighted by molar-refractivity contribution is 6.31. The summed E-state index contributed by atoms with van der Waals surface area (Å²) in [6, 6.07) is 13.5. The Kier molecular flexibility index (Phi) is 5.87. The number of benzene rings is 2. The molecule has 2 aromatic carbocycles. The number of urea groups is 1. The van der Waals surface area contributed by atoms with Crippen LogP contribution >= 0.6 is 11.6 Å². The third-order valence-corrected chi connectivity index (χ3v) is 6.22. The smallest absolute Gasteiger partial charge is 0.325 e. The number of rotatable bonds is 5. The summed E-state index contributed by atoms with van der Waals surface area (Å²) in [7, 11) is 0. The molecule has 1 heterocycles. The summed E-state index contributed by atoms with van der Waals surface area (Å²) in [5.74, 6) is 0.196. The molecule has 0 aromatic heterocycles. The van der Waals surface area contributed by atoms with Crippen molar-refractivity contribution in [2.45, 2.75) is 38.1 Å². The highest BCUT2D eigenvalue weighted by Crippen LogP contribution is 2.38. The maximum Gasteiger partial charge on any atom is 0.325 e. The van der Waals surface area contributed by atoms with Gasteiger partial charge in [0.1, 0.15) is 17.8 Å². The van der Waals surface area contributed by atoms with Crippen molar-refractivity contribution in [2.24, 2.45) is 5.92 Å². The van der Waals surface area contributed by atoms with Crippen molar-refractivity contribution in [1.82, 2.24) is 10.2 Å². The number of hydrogen-bond donors (Lipinski definition) is 2. The van der Waals surface area contributed by atoms with Gasteiger partial charge in [-0.1, -0.05) is 49.6 Å². The summed E-state index contributed by atoms with van der Waals surface area (Å²) in [6.45, 7) is 1.59.